The summed E-state index contributed by atoms with van der Waals surface area (Å²) in [5, 5.41) is 5.19. The first-order valence-corrected chi connectivity index (χ1v) is 6.14. The van der Waals surface area contributed by atoms with Crippen LogP contribution in [0.25, 0.3) is 0 Å². The van der Waals surface area contributed by atoms with Crippen molar-refractivity contribution in [2.45, 2.75) is 13.8 Å². The van der Waals surface area contributed by atoms with Crippen molar-refractivity contribution < 1.29 is 13.2 Å². The molecule has 1 heterocycles. The van der Waals surface area contributed by atoms with Crippen LogP contribution in [0, 0.1) is 24.4 Å². The summed E-state index contributed by atoms with van der Waals surface area (Å²) in [4.78, 5) is 3.78. The molecule has 0 aliphatic rings. The van der Waals surface area contributed by atoms with Crippen LogP contribution in [-0.4, -0.2) is 11.5 Å². The predicted octanol–water partition coefficient (Wildman–Crippen LogP) is 3.98. The number of pyridine rings is 1. The van der Waals surface area contributed by atoms with Gasteiger partial charge in [-0.15, -0.1) is 0 Å². The minimum absolute atomic E-state index is 0.0797. The first-order valence-electron chi connectivity index (χ1n) is 6.14. The van der Waals surface area contributed by atoms with E-state index in [4.69, 9.17) is 0 Å². The Bertz CT molecular complexity index is 629. The van der Waals surface area contributed by atoms with Crippen molar-refractivity contribution in [3.8, 4) is 0 Å². The van der Waals surface area contributed by atoms with Gasteiger partial charge in [0.25, 0.3) is 0 Å². The third kappa shape index (κ3) is 3.01. The molecule has 0 aliphatic heterocycles. The molecule has 0 radical (unpaired) electrons. The van der Waals surface area contributed by atoms with Crippen molar-refractivity contribution in [3.05, 3.63) is 47.3 Å². The summed E-state index contributed by atoms with van der Waals surface area (Å²) in [6, 6.07) is 5.18. The number of anilines is 3. The van der Waals surface area contributed by atoms with Crippen molar-refractivity contribution in [3.63, 3.8) is 0 Å². The lowest BCUT2D eigenvalue weighted by Gasteiger charge is -2.11. The first-order chi connectivity index (χ1) is 9.51. The second kappa shape index (κ2) is 5.81. The predicted molar refractivity (Wildman–Crippen MR) is 72.7 cm³/mol. The van der Waals surface area contributed by atoms with Gasteiger partial charge in [0.1, 0.15) is 5.82 Å². The third-order valence-electron chi connectivity index (χ3n) is 2.65. The second-order valence-corrected chi connectivity index (χ2v) is 4.29. The van der Waals surface area contributed by atoms with Gasteiger partial charge in [0.15, 0.2) is 23.3 Å². The summed E-state index contributed by atoms with van der Waals surface area (Å²) in [6.45, 7) is 3.94. The fourth-order valence-corrected chi connectivity index (χ4v) is 1.69. The Hall–Kier alpha value is -2.24. The molecule has 2 N–H and O–H groups in total. The summed E-state index contributed by atoms with van der Waals surface area (Å²) in [5.74, 6) is -2.52. The molecular formula is C14H14F3N3. The van der Waals surface area contributed by atoms with Gasteiger partial charge in [0.05, 0.1) is 5.69 Å². The molecule has 0 saturated carbocycles. The lowest BCUT2D eigenvalue weighted by molar-refractivity contribution is 0.579. The minimum atomic E-state index is -0.885. The Labute approximate surface area is 114 Å². The largest absolute Gasteiger partial charge is 0.368 e. The van der Waals surface area contributed by atoms with Crippen molar-refractivity contribution >= 4 is 17.3 Å². The molecule has 2 rings (SSSR count). The van der Waals surface area contributed by atoms with E-state index in [9.17, 15) is 13.2 Å². The number of halogens is 3. The van der Waals surface area contributed by atoms with Gasteiger partial charge in [0, 0.05) is 12.6 Å². The number of nitrogens with zero attached hydrogens (tertiary/aromatic N) is 1. The van der Waals surface area contributed by atoms with Crippen molar-refractivity contribution in [1.82, 2.24) is 4.98 Å². The molecule has 20 heavy (non-hydrogen) atoms. The summed E-state index contributed by atoms with van der Waals surface area (Å²) >= 11 is 0. The van der Waals surface area contributed by atoms with Crippen LogP contribution in [-0.2, 0) is 0 Å². The van der Waals surface area contributed by atoms with Crippen LogP contribution < -0.4 is 10.6 Å². The van der Waals surface area contributed by atoms with Gasteiger partial charge >= 0.3 is 0 Å². The third-order valence-corrected chi connectivity index (χ3v) is 2.65. The maximum atomic E-state index is 13.7. The number of benzene rings is 1. The molecule has 1 aromatic carbocycles. The zero-order valence-corrected chi connectivity index (χ0v) is 11.1. The lowest BCUT2D eigenvalue weighted by Crippen LogP contribution is -2.07. The van der Waals surface area contributed by atoms with E-state index in [1.165, 1.54) is 12.1 Å². The molecule has 0 fully saturated rings. The van der Waals surface area contributed by atoms with Crippen LogP contribution in [0.1, 0.15) is 12.5 Å². The van der Waals surface area contributed by atoms with Crippen LogP contribution in [0.15, 0.2) is 24.3 Å². The number of hydrogen-bond donors (Lipinski definition) is 2. The van der Waals surface area contributed by atoms with E-state index in [-0.39, 0.29) is 17.3 Å². The summed E-state index contributed by atoms with van der Waals surface area (Å²) in [7, 11) is 0. The average Bonchev–Trinajstić information content (AvgIpc) is 2.38. The molecule has 0 amide bonds. The zero-order chi connectivity index (χ0) is 14.7. The number of aromatic nitrogens is 1. The van der Waals surface area contributed by atoms with Crippen molar-refractivity contribution in [1.29, 1.82) is 0 Å². The smallest absolute Gasteiger partial charge is 0.169 e. The van der Waals surface area contributed by atoms with Gasteiger partial charge in [0.2, 0.25) is 0 Å². The lowest BCUT2D eigenvalue weighted by atomic mass is 10.2. The molecular weight excluding hydrogens is 267 g/mol. The molecule has 106 valence electrons. The van der Waals surface area contributed by atoms with Gasteiger partial charge in [-0.05, 0) is 31.5 Å². The molecule has 1 aromatic heterocycles. The molecule has 0 saturated heterocycles. The van der Waals surface area contributed by atoms with Crippen LogP contribution >= 0.6 is 0 Å². The van der Waals surface area contributed by atoms with Gasteiger partial charge in [-0.2, -0.15) is 0 Å². The molecule has 2 aromatic rings. The zero-order valence-electron chi connectivity index (χ0n) is 11.1. The maximum Gasteiger partial charge on any atom is 0.169 e. The molecule has 0 bridgehead atoms. The van der Waals surface area contributed by atoms with Gasteiger partial charge in [-0.3, -0.25) is 0 Å². The Morgan fingerprint density at radius 2 is 1.70 bits per heavy atom. The highest BCUT2D eigenvalue weighted by molar-refractivity contribution is 5.60. The number of aryl methyl sites for hydroxylation is 1. The SMILES string of the molecule is CCNc1nc(Nc2ccc(C)cc2F)c(F)cc1F. The molecule has 0 atom stereocenters. The highest BCUT2D eigenvalue weighted by Crippen LogP contribution is 2.24. The van der Waals surface area contributed by atoms with Gasteiger partial charge in [-0.1, -0.05) is 6.07 Å². The maximum absolute atomic E-state index is 13.7. The molecule has 3 nitrogen and oxygen atoms in total. The monoisotopic (exact) mass is 281 g/mol. The first kappa shape index (κ1) is 14.2. The molecule has 0 unspecified atom stereocenters. The number of rotatable bonds is 4. The summed E-state index contributed by atoms with van der Waals surface area (Å²) < 4.78 is 40.8. The Kier molecular flexibility index (Phi) is 4.12. The van der Waals surface area contributed by atoms with Crippen LogP contribution in [0.3, 0.4) is 0 Å². The highest BCUT2D eigenvalue weighted by Gasteiger charge is 2.13. The van der Waals surface area contributed by atoms with E-state index >= 15 is 0 Å². The normalized spacial score (nSPS) is 10.4. The van der Waals surface area contributed by atoms with E-state index in [1.807, 2.05) is 0 Å². The molecule has 0 aliphatic carbocycles. The number of nitrogens with one attached hydrogen (secondary N) is 2. The molecule has 6 heteroatoms. The van der Waals surface area contributed by atoms with Crippen molar-refractivity contribution in [2.75, 3.05) is 17.2 Å². The Balaban J connectivity index is 2.35. The van der Waals surface area contributed by atoms with E-state index in [2.05, 4.69) is 15.6 Å². The Morgan fingerprint density at radius 1 is 1.00 bits per heavy atom. The Morgan fingerprint density at radius 3 is 2.35 bits per heavy atom. The minimum Gasteiger partial charge on any atom is -0.368 e. The van der Waals surface area contributed by atoms with Gasteiger partial charge < -0.3 is 10.6 Å². The van der Waals surface area contributed by atoms with E-state index in [0.717, 1.165) is 5.56 Å². The molecule has 0 spiro atoms. The van der Waals surface area contributed by atoms with Gasteiger partial charge in [-0.25, -0.2) is 18.2 Å². The van der Waals surface area contributed by atoms with Crippen LogP contribution in [0.2, 0.25) is 0 Å². The fourth-order valence-electron chi connectivity index (χ4n) is 1.69. The van der Waals surface area contributed by atoms with E-state index in [0.29, 0.717) is 12.6 Å². The second-order valence-electron chi connectivity index (χ2n) is 4.29. The fraction of sp³-hybridized carbons (Fsp3) is 0.214. The topological polar surface area (TPSA) is 37.0 Å². The summed E-state index contributed by atoms with van der Waals surface area (Å²) in [6.07, 6.45) is 0. The van der Waals surface area contributed by atoms with Crippen LogP contribution in [0.4, 0.5) is 30.5 Å². The van der Waals surface area contributed by atoms with Crippen molar-refractivity contribution in [2.24, 2.45) is 0 Å². The standard InChI is InChI=1S/C14H14F3N3/c1-3-18-13-10(16)7-11(17)14(20-13)19-12-5-4-8(2)6-9(12)15/h4-7H,3H2,1-2H3,(H2,18,19,20). The average molecular weight is 281 g/mol. The van der Waals surface area contributed by atoms with E-state index in [1.54, 1.807) is 19.9 Å². The highest BCUT2D eigenvalue weighted by atomic mass is 19.1. The number of hydrogen-bond acceptors (Lipinski definition) is 3. The van der Waals surface area contributed by atoms with Crippen LogP contribution in [0.5, 0.6) is 0 Å². The quantitative estimate of drug-likeness (QED) is 0.890. The van der Waals surface area contributed by atoms with E-state index < -0.39 is 17.5 Å². The summed E-state index contributed by atoms with van der Waals surface area (Å²) in [5.41, 5.74) is 0.824.